The van der Waals surface area contributed by atoms with Crippen molar-refractivity contribution in [1.29, 1.82) is 0 Å². The Morgan fingerprint density at radius 3 is 2.74 bits per heavy atom. The second-order valence-electron chi connectivity index (χ2n) is 4.26. The number of pyridine rings is 1. The van der Waals surface area contributed by atoms with E-state index in [9.17, 15) is 0 Å². The van der Waals surface area contributed by atoms with Gasteiger partial charge in [0.1, 0.15) is 5.82 Å². The average Bonchev–Trinajstić information content (AvgIpc) is 2.83. The van der Waals surface area contributed by atoms with Gasteiger partial charge in [-0.05, 0) is 46.1 Å². The molecule has 0 aliphatic carbocycles. The third-order valence-corrected chi connectivity index (χ3v) is 4.02. The summed E-state index contributed by atoms with van der Waals surface area (Å²) in [7, 11) is 0. The molecule has 0 radical (unpaired) electrons. The summed E-state index contributed by atoms with van der Waals surface area (Å²) in [6, 6.07) is 11.8. The van der Waals surface area contributed by atoms with E-state index in [0.717, 1.165) is 39.4 Å². The van der Waals surface area contributed by atoms with Gasteiger partial charge in [-0.3, -0.25) is 4.40 Å². The standard InChI is InChI=1S/C14H11BrClN3/c15-11-5-3-9-19-13(17-18-14(11)19)8-7-10-4-1-2-6-12(10)16/h1-6,9H,7-8H2. The lowest BCUT2D eigenvalue weighted by atomic mass is 10.1. The summed E-state index contributed by atoms with van der Waals surface area (Å²) in [5, 5.41) is 9.23. The van der Waals surface area contributed by atoms with E-state index in [1.165, 1.54) is 0 Å². The number of aromatic nitrogens is 3. The van der Waals surface area contributed by atoms with E-state index < -0.39 is 0 Å². The first-order valence-electron chi connectivity index (χ1n) is 5.97. The van der Waals surface area contributed by atoms with Gasteiger partial charge in [0, 0.05) is 17.6 Å². The van der Waals surface area contributed by atoms with Gasteiger partial charge in [0.05, 0.1) is 4.47 Å². The topological polar surface area (TPSA) is 30.2 Å². The fraction of sp³-hybridized carbons (Fsp3) is 0.143. The molecule has 2 aromatic heterocycles. The molecule has 0 saturated heterocycles. The van der Waals surface area contributed by atoms with Crippen LogP contribution in [0.3, 0.4) is 0 Å². The van der Waals surface area contributed by atoms with E-state index in [1.807, 2.05) is 47.0 Å². The van der Waals surface area contributed by atoms with E-state index in [1.54, 1.807) is 0 Å². The summed E-state index contributed by atoms with van der Waals surface area (Å²) in [5.74, 6) is 0.941. The number of hydrogen-bond acceptors (Lipinski definition) is 2. The van der Waals surface area contributed by atoms with Crippen molar-refractivity contribution >= 4 is 33.2 Å². The molecule has 0 aliphatic heterocycles. The molecule has 96 valence electrons. The minimum absolute atomic E-state index is 0.803. The second kappa shape index (κ2) is 5.31. The zero-order valence-electron chi connectivity index (χ0n) is 10.1. The molecule has 0 N–H and O–H groups in total. The van der Waals surface area contributed by atoms with Crippen LogP contribution in [-0.2, 0) is 12.8 Å². The van der Waals surface area contributed by atoms with Crippen LogP contribution in [0.1, 0.15) is 11.4 Å². The molecule has 0 atom stereocenters. The monoisotopic (exact) mass is 335 g/mol. The zero-order valence-corrected chi connectivity index (χ0v) is 12.4. The fourth-order valence-electron chi connectivity index (χ4n) is 2.05. The van der Waals surface area contributed by atoms with E-state index in [4.69, 9.17) is 11.6 Å². The summed E-state index contributed by atoms with van der Waals surface area (Å²) in [6.07, 6.45) is 3.64. The molecule has 3 nitrogen and oxygen atoms in total. The highest BCUT2D eigenvalue weighted by Gasteiger charge is 2.08. The average molecular weight is 337 g/mol. The number of nitrogens with zero attached hydrogens (tertiary/aromatic N) is 3. The molecule has 0 spiro atoms. The number of rotatable bonds is 3. The van der Waals surface area contributed by atoms with Crippen LogP contribution in [0.2, 0.25) is 5.02 Å². The molecular weight excluding hydrogens is 326 g/mol. The number of hydrogen-bond donors (Lipinski definition) is 0. The lowest BCUT2D eigenvalue weighted by Gasteiger charge is -2.03. The van der Waals surface area contributed by atoms with Crippen molar-refractivity contribution in [1.82, 2.24) is 14.6 Å². The van der Waals surface area contributed by atoms with Gasteiger partial charge in [-0.2, -0.15) is 0 Å². The van der Waals surface area contributed by atoms with Crippen LogP contribution in [0, 0.1) is 0 Å². The normalized spacial score (nSPS) is 11.1. The van der Waals surface area contributed by atoms with Gasteiger partial charge in [-0.1, -0.05) is 29.8 Å². The summed E-state index contributed by atoms with van der Waals surface area (Å²) in [4.78, 5) is 0. The third-order valence-electron chi connectivity index (χ3n) is 3.03. The fourth-order valence-corrected chi connectivity index (χ4v) is 2.70. The molecule has 0 saturated carbocycles. The zero-order chi connectivity index (χ0) is 13.2. The van der Waals surface area contributed by atoms with E-state index in [-0.39, 0.29) is 0 Å². The van der Waals surface area contributed by atoms with Crippen molar-refractivity contribution in [3.05, 3.63) is 63.5 Å². The molecular formula is C14H11BrClN3. The molecule has 0 amide bonds. The highest BCUT2D eigenvalue weighted by atomic mass is 79.9. The lowest BCUT2D eigenvalue weighted by molar-refractivity contribution is 0.839. The SMILES string of the molecule is Clc1ccccc1CCc1nnc2c(Br)cccn12. The number of aryl methyl sites for hydroxylation is 2. The van der Waals surface area contributed by atoms with Crippen LogP contribution in [0.15, 0.2) is 47.1 Å². The minimum atomic E-state index is 0.803. The van der Waals surface area contributed by atoms with E-state index >= 15 is 0 Å². The molecule has 0 bridgehead atoms. The smallest absolute Gasteiger partial charge is 0.175 e. The van der Waals surface area contributed by atoms with Gasteiger partial charge in [0.25, 0.3) is 0 Å². The van der Waals surface area contributed by atoms with Gasteiger partial charge in [-0.15, -0.1) is 10.2 Å². The Labute approximate surface area is 124 Å². The Balaban J connectivity index is 1.87. The van der Waals surface area contributed by atoms with Crippen LogP contribution < -0.4 is 0 Å². The summed E-state index contributed by atoms with van der Waals surface area (Å²) >= 11 is 9.63. The minimum Gasteiger partial charge on any atom is -0.285 e. The Hall–Kier alpha value is -1.39. The van der Waals surface area contributed by atoms with Gasteiger partial charge >= 0.3 is 0 Å². The van der Waals surface area contributed by atoms with Gasteiger partial charge < -0.3 is 0 Å². The molecule has 1 aromatic carbocycles. The van der Waals surface area contributed by atoms with Crippen LogP contribution in [-0.4, -0.2) is 14.6 Å². The van der Waals surface area contributed by atoms with Crippen LogP contribution in [0.25, 0.3) is 5.65 Å². The van der Waals surface area contributed by atoms with Crippen molar-refractivity contribution in [3.63, 3.8) is 0 Å². The maximum Gasteiger partial charge on any atom is 0.175 e. The highest BCUT2D eigenvalue weighted by molar-refractivity contribution is 9.10. The molecule has 0 fully saturated rings. The first-order valence-corrected chi connectivity index (χ1v) is 7.14. The Morgan fingerprint density at radius 1 is 1.05 bits per heavy atom. The molecule has 5 heteroatoms. The summed E-state index contributed by atoms with van der Waals surface area (Å²) in [5.41, 5.74) is 1.98. The number of benzene rings is 1. The van der Waals surface area contributed by atoms with Crippen molar-refractivity contribution < 1.29 is 0 Å². The maximum atomic E-state index is 6.16. The Kier molecular flexibility index (Phi) is 3.53. The molecule has 3 rings (SSSR count). The second-order valence-corrected chi connectivity index (χ2v) is 5.52. The first kappa shape index (κ1) is 12.6. The van der Waals surface area contributed by atoms with Crippen molar-refractivity contribution in [2.24, 2.45) is 0 Å². The Bertz CT molecular complexity index is 724. The highest BCUT2D eigenvalue weighted by Crippen LogP contribution is 2.19. The Morgan fingerprint density at radius 2 is 1.89 bits per heavy atom. The first-order chi connectivity index (χ1) is 9.25. The van der Waals surface area contributed by atoms with E-state index in [2.05, 4.69) is 26.1 Å². The molecule has 19 heavy (non-hydrogen) atoms. The molecule has 3 aromatic rings. The molecule has 0 unspecified atom stereocenters. The lowest BCUT2D eigenvalue weighted by Crippen LogP contribution is -1.98. The summed E-state index contributed by atoms with van der Waals surface area (Å²) in [6.45, 7) is 0. The van der Waals surface area contributed by atoms with Gasteiger partial charge in [0.15, 0.2) is 5.65 Å². The van der Waals surface area contributed by atoms with Crippen molar-refractivity contribution in [3.8, 4) is 0 Å². The predicted octanol–water partition coefficient (Wildman–Crippen LogP) is 3.93. The predicted molar refractivity (Wildman–Crippen MR) is 79.5 cm³/mol. The quantitative estimate of drug-likeness (QED) is 0.725. The molecule has 0 aliphatic rings. The molecule has 2 heterocycles. The van der Waals surface area contributed by atoms with Crippen molar-refractivity contribution in [2.45, 2.75) is 12.8 Å². The number of fused-ring (bicyclic) bond motifs is 1. The van der Waals surface area contributed by atoms with Gasteiger partial charge in [-0.25, -0.2) is 0 Å². The van der Waals surface area contributed by atoms with Gasteiger partial charge in [0.2, 0.25) is 0 Å². The third kappa shape index (κ3) is 2.51. The largest absolute Gasteiger partial charge is 0.285 e. The maximum absolute atomic E-state index is 6.16. The van der Waals surface area contributed by atoms with Crippen LogP contribution in [0.5, 0.6) is 0 Å². The summed E-state index contributed by atoms with van der Waals surface area (Å²) < 4.78 is 2.95. The van der Waals surface area contributed by atoms with Crippen LogP contribution in [0.4, 0.5) is 0 Å². The van der Waals surface area contributed by atoms with Crippen molar-refractivity contribution in [2.75, 3.05) is 0 Å². The van der Waals surface area contributed by atoms with Crippen LogP contribution >= 0.6 is 27.5 Å². The number of halogens is 2. The van der Waals surface area contributed by atoms with E-state index in [0.29, 0.717) is 0 Å².